The molecule has 0 bridgehead atoms. The van der Waals surface area contributed by atoms with Crippen LogP contribution in [0.25, 0.3) is 0 Å². The molecule has 3 heteroatoms. The van der Waals surface area contributed by atoms with Gasteiger partial charge in [0.05, 0.1) is 5.92 Å². The number of nitrogens with zero attached hydrogens (tertiary/aromatic N) is 1. The Bertz CT molecular complexity index is 360. The lowest BCUT2D eigenvalue weighted by Gasteiger charge is -2.10. The van der Waals surface area contributed by atoms with Crippen molar-refractivity contribution in [2.75, 3.05) is 13.6 Å². The zero-order valence-electron chi connectivity index (χ0n) is 8.74. The van der Waals surface area contributed by atoms with Crippen molar-refractivity contribution in [2.24, 2.45) is 0 Å². The van der Waals surface area contributed by atoms with Crippen LogP contribution >= 0.6 is 15.9 Å². The van der Waals surface area contributed by atoms with Gasteiger partial charge in [-0.05, 0) is 17.5 Å². The van der Waals surface area contributed by atoms with Gasteiger partial charge in [-0.1, -0.05) is 40.2 Å². The number of carbonyl (C=O) groups excluding carboxylic acids is 1. The minimum atomic E-state index is 0.0828. The highest BCUT2D eigenvalue weighted by Crippen LogP contribution is 2.27. The van der Waals surface area contributed by atoms with Crippen LogP contribution in [0.1, 0.15) is 23.5 Å². The van der Waals surface area contributed by atoms with Crippen LogP contribution in [-0.4, -0.2) is 24.4 Å². The van der Waals surface area contributed by atoms with E-state index in [0.717, 1.165) is 23.9 Å². The fraction of sp³-hybridized carbons (Fsp3) is 0.417. The van der Waals surface area contributed by atoms with Crippen molar-refractivity contribution in [3.8, 4) is 0 Å². The van der Waals surface area contributed by atoms with Crippen molar-refractivity contribution in [1.29, 1.82) is 0 Å². The third-order valence-corrected chi connectivity index (χ3v) is 3.61. The van der Waals surface area contributed by atoms with Crippen LogP contribution in [0.4, 0.5) is 0 Å². The van der Waals surface area contributed by atoms with Crippen LogP contribution < -0.4 is 0 Å². The van der Waals surface area contributed by atoms with Crippen molar-refractivity contribution in [3.05, 3.63) is 35.4 Å². The molecule has 1 fully saturated rings. The van der Waals surface area contributed by atoms with Crippen LogP contribution in [0.2, 0.25) is 0 Å². The highest BCUT2D eigenvalue weighted by molar-refractivity contribution is 9.08. The van der Waals surface area contributed by atoms with Gasteiger partial charge in [0.15, 0.2) is 0 Å². The molecule has 1 heterocycles. The maximum atomic E-state index is 11.8. The van der Waals surface area contributed by atoms with Gasteiger partial charge < -0.3 is 4.90 Å². The van der Waals surface area contributed by atoms with E-state index in [9.17, 15) is 4.79 Å². The Kier molecular flexibility index (Phi) is 3.10. The van der Waals surface area contributed by atoms with E-state index in [1.165, 1.54) is 5.56 Å². The monoisotopic (exact) mass is 267 g/mol. The van der Waals surface area contributed by atoms with Gasteiger partial charge in [-0.2, -0.15) is 0 Å². The van der Waals surface area contributed by atoms with Crippen molar-refractivity contribution in [1.82, 2.24) is 4.90 Å². The van der Waals surface area contributed by atoms with E-state index in [1.807, 2.05) is 11.9 Å². The molecular weight excluding hydrogens is 254 g/mol. The molecule has 1 unspecified atom stereocenters. The summed E-state index contributed by atoms with van der Waals surface area (Å²) in [7, 11) is 1.87. The Balaban J connectivity index is 2.19. The van der Waals surface area contributed by atoms with Gasteiger partial charge in [0.1, 0.15) is 0 Å². The Morgan fingerprint density at radius 1 is 1.40 bits per heavy atom. The van der Waals surface area contributed by atoms with Gasteiger partial charge in [-0.25, -0.2) is 0 Å². The predicted molar refractivity (Wildman–Crippen MR) is 64.1 cm³/mol. The first kappa shape index (κ1) is 10.7. The van der Waals surface area contributed by atoms with E-state index >= 15 is 0 Å². The molecule has 0 aromatic heterocycles. The Morgan fingerprint density at radius 2 is 2.07 bits per heavy atom. The van der Waals surface area contributed by atoms with E-state index in [2.05, 4.69) is 40.2 Å². The van der Waals surface area contributed by atoms with Crippen LogP contribution in [0.15, 0.2) is 24.3 Å². The lowest BCUT2D eigenvalue weighted by Crippen LogP contribution is -2.21. The molecule has 2 rings (SSSR count). The van der Waals surface area contributed by atoms with Crippen LogP contribution in [-0.2, 0) is 10.1 Å². The molecule has 0 aliphatic carbocycles. The summed E-state index contributed by atoms with van der Waals surface area (Å²) >= 11 is 3.41. The SMILES string of the molecule is CN1CCC(c2ccc(CBr)cc2)C1=O. The number of carbonyl (C=O) groups is 1. The second kappa shape index (κ2) is 4.35. The van der Waals surface area contributed by atoms with E-state index in [1.54, 1.807) is 0 Å². The van der Waals surface area contributed by atoms with Crippen molar-refractivity contribution in [3.63, 3.8) is 0 Å². The standard InChI is InChI=1S/C12H14BrNO/c1-14-7-6-11(12(14)15)10-4-2-9(8-13)3-5-10/h2-5,11H,6-8H2,1H3. The summed E-state index contributed by atoms with van der Waals surface area (Å²) in [6, 6.07) is 8.29. The summed E-state index contributed by atoms with van der Waals surface area (Å²) < 4.78 is 0. The van der Waals surface area contributed by atoms with Gasteiger partial charge in [-0.15, -0.1) is 0 Å². The predicted octanol–water partition coefficient (Wildman–Crippen LogP) is 2.53. The molecule has 1 aromatic rings. The molecule has 80 valence electrons. The maximum Gasteiger partial charge on any atom is 0.229 e. The molecule has 0 N–H and O–H groups in total. The second-order valence-electron chi connectivity index (χ2n) is 3.98. The number of benzene rings is 1. The third-order valence-electron chi connectivity index (χ3n) is 2.96. The Hall–Kier alpha value is -0.830. The first-order valence-electron chi connectivity index (χ1n) is 5.12. The van der Waals surface area contributed by atoms with E-state index in [-0.39, 0.29) is 11.8 Å². The molecular formula is C12H14BrNO. The third kappa shape index (κ3) is 2.07. The molecule has 1 aliphatic heterocycles. The molecule has 0 radical (unpaired) electrons. The van der Waals surface area contributed by atoms with Crippen molar-refractivity contribution in [2.45, 2.75) is 17.7 Å². The first-order valence-corrected chi connectivity index (χ1v) is 6.24. The highest BCUT2D eigenvalue weighted by Gasteiger charge is 2.29. The maximum absolute atomic E-state index is 11.8. The van der Waals surface area contributed by atoms with Gasteiger partial charge in [-0.3, -0.25) is 4.79 Å². The molecule has 15 heavy (non-hydrogen) atoms. The molecule has 0 spiro atoms. The largest absolute Gasteiger partial charge is 0.345 e. The van der Waals surface area contributed by atoms with Crippen LogP contribution in [0.3, 0.4) is 0 Å². The van der Waals surface area contributed by atoms with E-state index in [0.29, 0.717) is 0 Å². The van der Waals surface area contributed by atoms with E-state index in [4.69, 9.17) is 0 Å². The number of rotatable bonds is 2. The molecule has 1 aromatic carbocycles. The zero-order chi connectivity index (χ0) is 10.8. The smallest absolute Gasteiger partial charge is 0.229 e. The minimum absolute atomic E-state index is 0.0828. The fourth-order valence-electron chi connectivity index (χ4n) is 1.97. The summed E-state index contributed by atoms with van der Waals surface area (Å²) in [4.78, 5) is 13.6. The Labute approximate surface area is 98.4 Å². The van der Waals surface area contributed by atoms with Crippen LogP contribution in [0, 0.1) is 0 Å². The summed E-state index contributed by atoms with van der Waals surface area (Å²) in [6.45, 7) is 0.879. The Morgan fingerprint density at radius 3 is 2.53 bits per heavy atom. The molecule has 1 saturated heterocycles. The fourth-order valence-corrected chi connectivity index (χ4v) is 2.34. The average molecular weight is 268 g/mol. The van der Waals surface area contributed by atoms with Crippen molar-refractivity contribution < 1.29 is 4.79 Å². The normalized spacial score (nSPS) is 21.1. The summed E-state index contributed by atoms with van der Waals surface area (Å²) in [6.07, 6.45) is 0.947. The summed E-state index contributed by atoms with van der Waals surface area (Å²) in [5.74, 6) is 0.334. The quantitative estimate of drug-likeness (QED) is 0.755. The number of likely N-dealkylation sites (N-methyl/N-ethyl adjacent to an activating group) is 1. The lowest BCUT2D eigenvalue weighted by molar-refractivity contribution is -0.127. The summed E-state index contributed by atoms with van der Waals surface area (Å²) in [5.41, 5.74) is 2.40. The van der Waals surface area contributed by atoms with Gasteiger partial charge in [0.25, 0.3) is 0 Å². The number of hydrogen-bond acceptors (Lipinski definition) is 1. The second-order valence-corrected chi connectivity index (χ2v) is 4.54. The van der Waals surface area contributed by atoms with Crippen LogP contribution in [0.5, 0.6) is 0 Å². The number of halogens is 1. The topological polar surface area (TPSA) is 20.3 Å². The van der Waals surface area contributed by atoms with Gasteiger partial charge >= 0.3 is 0 Å². The molecule has 0 saturated carbocycles. The molecule has 1 atom stereocenters. The van der Waals surface area contributed by atoms with Gasteiger partial charge in [0.2, 0.25) is 5.91 Å². The molecule has 1 amide bonds. The number of hydrogen-bond donors (Lipinski definition) is 0. The number of likely N-dealkylation sites (tertiary alicyclic amines) is 1. The van der Waals surface area contributed by atoms with Crippen molar-refractivity contribution >= 4 is 21.8 Å². The minimum Gasteiger partial charge on any atom is -0.345 e. The first-order chi connectivity index (χ1) is 7.22. The summed E-state index contributed by atoms with van der Waals surface area (Å²) in [5, 5.41) is 0.867. The average Bonchev–Trinajstić information content (AvgIpc) is 2.60. The van der Waals surface area contributed by atoms with Gasteiger partial charge in [0, 0.05) is 18.9 Å². The number of amides is 1. The lowest BCUT2D eigenvalue weighted by atomic mass is 9.97. The van der Waals surface area contributed by atoms with E-state index < -0.39 is 0 Å². The highest BCUT2D eigenvalue weighted by atomic mass is 79.9. The molecule has 2 nitrogen and oxygen atoms in total. The molecule has 1 aliphatic rings. The number of alkyl halides is 1. The zero-order valence-corrected chi connectivity index (χ0v) is 10.3.